The van der Waals surface area contributed by atoms with Gasteiger partial charge >= 0.3 is 12.0 Å². The zero-order chi connectivity index (χ0) is 26.3. The number of nitrogens with one attached hydrogen (secondary N) is 1. The molecule has 200 valence electrons. The van der Waals surface area contributed by atoms with Gasteiger partial charge in [-0.15, -0.1) is 0 Å². The summed E-state index contributed by atoms with van der Waals surface area (Å²) in [5.41, 5.74) is 2.00. The zero-order valence-corrected chi connectivity index (χ0v) is 21.6. The maximum Gasteiger partial charge on any atom is 0.318 e. The molecule has 0 spiro atoms. The van der Waals surface area contributed by atoms with Crippen molar-refractivity contribution in [3.05, 3.63) is 71.8 Å². The molecule has 1 aliphatic rings. The SMILES string of the molecule is CCOC(=O)CC[C@H](COCc1ccccc1)CC(=O)[C@H](Cc1ccccc1)NC(=O)N1CCOCC1. The normalized spacial score (nSPS) is 15.0. The Balaban J connectivity index is 1.66. The first-order valence-corrected chi connectivity index (χ1v) is 13.0. The molecule has 1 aliphatic heterocycles. The molecule has 0 aromatic heterocycles. The standard InChI is InChI=1S/C29H38N2O6/c1-2-37-28(33)14-13-25(22-36-21-24-11-7-4-8-12-24)20-27(32)26(19-23-9-5-3-6-10-23)30-29(34)31-15-17-35-18-16-31/h3-12,25-26H,2,13-22H2,1H3,(H,30,34)/t25-,26-/m0/s1. The van der Waals surface area contributed by atoms with E-state index < -0.39 is 6.04 Å². The lowest BCUT2D eigenvalue weighted by molar-refractivity contribution is -0.143. The van der Waals surface area contributed by atoms with Crippen LogP contribution in [0.5, 0.6) is 0 Å². The first kappa shape index (κ1) is 28.3. The van der Waals surface area contributed by atoms with Crippen LogP contribution in [-0.2, 0) is 36.8 Å². The number of nitrogens with zero attached hydrogens (tertiary/aromatic N) is 1. The van der Waals surface area contributed by atoms with Crippen molar-refractivity contribution in [1.82, 2.24) is 10.2 Å². The highest BCUT2D eigenvalue weighted by molar-refractivity contribution is 5.89. The highest BCUT2D eigenvalue weighted by atomic mass is 16.5. The van der Waals surface area contributed by atoms with E-state index in [2.05, 4.69) is 5.32 Å². The molecule has 1 heterocycles. The molecule has 2 aromatic carbocycles. The molecule has 0 aliphatic carbocycles. The highest BCUT2D eigenvalue weighted by Crippen LogP contribution is 2.18. The molecule has 37 heavy (non-hydrogen) atoms. The number of benzene rings is 2. The quantitative estimate of drug-likeness (QED) is 0.389. The smallest absolute Gasteiger partial charge is 0.318 e. The van der Waals surface area contributed by atoms with Gasteiger partial charge < -0.3 is 24.4 Å². The fraction of sp³-hybridized carbons (Fsp3) is 0.483. The van der Waals surface area contributed by atoms with Crippen LogP contribution in [0.25, 0.3) is 0 Å². The Bertz CT molecular complexity index is 963. The van der Waals surface area contributed by atoms with E-state index in [1.54, 1.807) is 11.8 Å². The maximum atomic E-state index is 13.6. The Morgan fingerprint density at radius 3 is 2.27 bits per heavy atom. The van der Waals surface area contributed by atoms with Crippen molar-refractivity contribution >= 4 is 17.8 Å². The van der Waals surface area contributed by atoms with Gasteiger partial charge in [-0.2, -0.15) is 0 Å². The Labute approximate surface area is 219 Å². The second-order valence-corrected chi connectivity index (χ2v) is 9.17. The maximum absolute atomic E-state index is 13.6. The third-order valence-electron chi connectivity index (χ3n) is 6.28. The molecule has 1 saturated heterocycles. The van der Waals surface area contributed by atoms with E-state index in [0.29, 0.717) is 59.0 Å². The van der Waals surface area contributed by atoms with Gasteiger partial charge in [0.05, 0.1) is 39.1 Å². The average Bonchev–Trinajstić information content (AvgIpc) is 2.93. The summed E-state index contributed by atoms with van der Waals surface area (Å²) >= 11 is 0. The molecule has 2 atom stereocenters. The van der Waals surface area contributed by atoms with Crippen molar-refractivity contribution in [2.45, 2.75) is 45.3 Å². The summed E-state index contributed by atoms with van der Waals surface area (Å²) in [6, 6.07) is 18.5. The number of hydrogen-bond acceptors (Lipinski definition) is 6. The van der Waals surface area contributed by atoms with Gasteiger partial charge in [0.15, 0.2) is 5.78 Å². The van der Waals surface area contributed by atoms with Gasteiger partial charge in [0, 0.05) is 25.9 Å². The predicted molar refractivity (Wildman–Crippen MR) is 140 cm³/mol. The van der Waals surface area contributed by atoms with E-state index in [4.69, 9.17) is 14.2 Å². The lowest BCUT2D eigenvalue weighted by Gasteiger charge is -2.29. The van der Waals surface area contributed by atoms with Gasteiger partial charge in [-0.3, -0.25) is 9.59 Å². The summed E-state index contributed by atoms with van der Waals surface area (Å²) in [4.78, 5) is 40.2. The summed E-state index contributed by atoms with van der Waals surface area (Å²) in [5.74, 6) is -0.550. The number of amides is 2. The van der Waals surface area contributed by atoms with Crippen LogP contribution >= 0.6 is 0 Å². The number of carbonyl (C=O) groups is 3. The Hall–Kier alpha value is -3.23. The zero-order valence-electron chi connectivity index (χ0n) is 21.6. The van der Waals surface area contributed by atoms with Crippen molar-refractivity contribution in [3.63, 3.8) is 0 Å². The van der Waals surface area contributed by atoms with Crippen molar-refractivity contribution in [2.24, 2.45) is 5.92 Å². The first-order valence-electron chi connectivity index (χ1n) is 13.0. The minimum atomic E-state index is -0.683. The summed E-state index contributed by atoms with van der Waals surface area (Å²) in [6.07, 6.45) is 1.26. The van der Waals surface area contributed by atoms with Gasteiger partial charge in [-0.1, -0.05) is 60.7 Å². The molecule has 0 radical (unpaired) electrons. The summed E-state index contributed by atoms with van der Waals surface area (Å²) in [5, 5.41) is 2.96. The summed E-state index contributed by atoms with van der Waals surface area (Å²) < 4.78 is 16.4. The number of esters is 1. The van der Waals surface area contributed by atoms with Crippen LogP contribution in [0.2, 0.25) is 0 Å². The van der Waals surface area contributed by atoms with Crippen LogP contribution in [0.4, 0.5) is 4.79 Å². The van der Waals surface area contributed by atoms with E-state index in [-0.39, 0.29) is 36.5 Å². The minimum absolute atomic E-state index is 0.0809. The number of Topliss-reactive ketones (excluding diaryl/α,β-unsaturated/α-hetero) is 1. The Kier molecular flexibility index (Phi) is 12.1. The number of urea groups is 1. The molecule has 8 nitrogen and oxygen atoms in total. The minimum Gasteiger partial charge on any atom is -0.466 e. The van der Waals surface area contributed by atoms with Crippen molar-refractivity contribution in [1.29, 1.82) is 0 Å². The van der Waals surface area contributed by atoms with Crippen molar-refractivity contribution in [2.75, 3.05) is 39.5 Å². The van der Waals surface area contributed by atoms with Crippen LogP contribution in [0.3, 0.4) is 0 Å². The van der Waals surface area contributed by atoms with Crippen LogP contribution in [0.15, 0.2) is 60.7 Å². The van der Waals surface area contributed by atoms with E-state index in [0.717, 1.165) is 11.1 Å². The molecular weight excluding hydrogens is 472 g/mol. The number of carbonyl (C=O) groups excluding carboxylic acids is 3. The molecule has 1 fully saturated rings. The van der Waals surface area contributed by atoms with Gasteiger partial charge in [0.25, 0.3) is 0 Å². The lowest BCUT2D eigenvalue weighted by Crippen LogP contribution is -2.52. The second kappa shape index (κ2) is 15.8. The average molecular weight is 511 g/mol. The first-order chi connectivity index (χ1) is 18.0. The molecule has 0 saturated carbocycles. The Morgan fingerprint density at radius 1 is 0.973 bits per heavy atom. The van der Waals surface area contributed by atoms with E-state index in [9.17, 15) is 14.4 Å². The van der Waals surface area contributed by atoms with Crippen LogP contribution < -0.4 is 5.32 Å². The van der Waals surface area contributed by atoms with Crippen molar-refractivity contribution < 1.29 is 28.6 Å². The van der Waals surface area contributed by atoms with E-state index >= 15 is 0 Å². The molecule has 8 heteroatoms. The molecule has 2 amide bonds. The summed E-state index contributed by atoms with van der Waals surface area (Å²) in [7, 11) is 0. The van der Waals surface area contributed by atoms with Gasteiger partial charge in [-0.25, -0.2) is 4.79 Å². The van der Waals surface area contributed by atoms with Crippen LogP contribution in [0, 0.1) is 5.92 Å². The van der Waals surface area contributed by atoms with Crippen LogP contribution in [0.1, 0.15) is 37.3 Å². The number of hydrogen-bond donors (Lipinski definition) is 1. The Morgan fingerprint density at radius 2 is 1.62 bits per heavy atom. The fourth-order valence-corrected chi connectivity index (χ4v) is 4.25. The monoisotopic (exact) mass is 510 g/mol. The second-order valence-electron chi connectivity index (χ2n) is 9.17. The predicted octanol–water partition coefficient (Wildman–Crippen LogP) is 3.78. The topological polar surface area (TPSA) is 94.2 Å². The van der Waals surface area contributed by atoms with E-state index in [1.807, 2.05) is 60.7 Å². The van der Waals surface area contributed by atoms with Gasteiger partial charge in [0.1, 0.15) is 0 Å². The molecule has 0 unspecified atom stereocenters. The number of ketones is 1. The van der Waals surface area contributed by atoms with Crippen molar-refractivity contribution in [3.8, 4) is 0 Å². The highest BCUT2D eigenvalue weighted by Gasteiger charge is 2.27. The third kappa shape index (κ3) is 10.3. The number of morpholine rings is 1. The number of rotatable bonds is 14. The molecule has 0 bridgehead atoms. The van der Waals surface area contributed by atoms with Crippen LogP contribution in [-0.4, -0.2) is 68.2 Å². The lowest BCUT2D eigenvalue weighted by atomic mass is 9.92. The molecular formula is C29H38N2O6. The molecule has 2 aromatic rings. The van der Waals surface area contributed by atoms with E-state index in [1.165, 1.54) is 0 Å². The number of ether oxygens (including phenoxy) is 3. The third-order valence-corrected chi connectivity index (χ3v) is 6.28. The molecule has 1 N–H and O–H groups in total. The fourth-order valence-electron chi connectivity index (χ4n) is 4.25. The summed E-state index contributed by atoms with van der Waals surface area (Å²) in [6.45, 7) is 4.80. The molecule has 3 rings (SSSR count). The van der Waals surface area contributed by atoms with Gasteiger partial charge in [-0.05, 0) is 36.8 Å². The van der Waals surface area contributed by atoms with Gasteiger partial charge in [0.2, 0.25) is 0 Å². The largest absolute Gasteiger partial charge is 0.466 e.